The fourth-order valence-electron chi connectivity index (χ4n) is 12.9. The highest BCUT2D eigenvalue weighted by molar-refractivity contribution is 7.22. The Morgan fingerprint density at radius 1 is 0.887 bits per heavy atom. The minimum Gasteiger partial charge on any atom is -0.462 e. The fourth-order valence-corrected chi connectivity index (χ4v) is 13.8. The minimum atomic E-state index is -0.358. The summed E-state index contributed by atoms with van der Waals surface area (Å²) in [5.74, 6) is 5.01. The number of thiazole rings is 1. The smallest absolute Gasteiger partial charge is 0.306 e. The van der Waals surface area contributed by atoms with Gasteiger partial charge in [0.25, 0.3) is 5.91 Å². The number of ether oxygens (including phenoxy) is 3. The first-order chi connectivity index (χ1) is 29.8. The summed E-state index contributed by atoms with van der Waals surface area (Å²) < 4.78 is 19.1. The second-order valence-electron chi connectivity index (χ2n) is 20.4. The third-order valence-corrected chi connectivity index (χ3v) is 17.1. The first-order valence-electron chi connectivity index (χ1n) is 23.9. The van der Waals surface area contributed by atoms with Gasteiger partial charge in [-0.25, -0.2) is 4.98 Å². The van der Waals surface area contributed by atoms with Crippen LogP contribution in [0.3, 0.4) is 0 Å². The van der Waals surface area contributed by atoms with E-state index in [1.54, 1.807) is 25.4 Å². The summed E-state index contributed by atoms with van der Waals surface area (Å²) in [6.07, 6.45) is 20.9. The third-order valence-electron chi connectivity index (χ3n) is 16.2. The lowest BCUT2D eigenvalue weighted by atomic mass is 9.47. The zero-order chi connectivity index (χ0) is 43.6. The number of pyridine rings is 1. The van der Waals surface area contributed by atoms with Gasteiger partial charge in [0.05, 0.1) is 29.1 Å². The molecule has 5 aliphatic rings. The van der Waals surface area contributed by atoms with E-state index in [1.807, 2.05) is 18.2 Å². The van der Waals surface area contributed by atoms with Crippen LogP contribution < -0.4 is 15.4 Å². The van der Waals surface area contributed by atoms with Gasteiger partial charge in [0.2, 0.25) is 0 Å². The van der Waals surface area contributed by atoms with Crippen LogP contribution in [0.5, 0.6) is 11.5 Å². The van der Waals surface area contributed by atoms with Crippen LogP contribution in [0.1, 0.15) is 154 Å². The number of fused-ring (bicyclic) bond motifs is 6. The first kappa shape index (κ1) is 44.6. The summed E-state index contributed by atoms with van der Waals surface area (Å²) in [5, 5.41) is 6.88. The van der Waals surface area contributed by atoms with Crippen molar-refractivity contribution in [1.82, 2.24) is 15.3 Å². The Morgan fingerprint density at radius 3 is 2.48 bits per heavy atom. The van der Waals surface area contributed by atoms with Gasteiger partial charge in [0.15, 0.2) is 5.13 Å². The van der Waals surface area contributed by atoms with Crippen LogP contribution in [0.4, 0.5) is 5.13 Å². The van der Waals surface area contributed by atoms with Gasteiger partial charge < -0.3 is 24.8 Å². The SMILES string of the molecule is CNC(=O)c1cc(Oc2ccc3nc(NC4CCCCC4OC(=O)CCC(=O)OC4CC[C@@]5(C)C(=CC[C@H]6[C@@H]7CC[C@H]([C@H](C)CCCC(C)C)[C@@]7(C)CC[C@@H]65)C4)sc3c2)ccn1. The fraction of sp³-hybridized carbons (Fsp3) is 0.667. The van der Waals surface area contributed by atoms with E-state index in [0.29, 0.717) is 16.9 Å². The summed E-state index contributed by atoms with van der Waals surface area (Å²) in [6.45, 7) is 12.5. The van der Waals surface area contributed by atoms with Gasteiger partial charge in [0, 0.05) is 31.8 Å². The lowest BCUT2D eigenvalue weighted by molar-refractivity contribution is -0.158. The van der Waals surface area contributed by atoms with Gasteiger partial charge in [0.1, 0.15) is 29.4 Å². The number of benzene rings is 1. The molecule has 336 valence electrons. The Labute approximate surface area is 373 Å². The summed E-state index contributed by atoms with van der Waals surface area (Å²) in [7, 11) is 1.56. The number of rotatable bonds is 15. The molecule has 11 heteroatoms. The lowest BCUT2D eigenvalue weighted by Gasteiger charge is -2.58. The number of nitrogens with one attached hydrogen (secondary N) is 2. The van der Waals surface area contributed by atoms with Crippen LogP contribution >= 0.6 is 11.3 Å². The standard InChI is InChI=1S/C51H70N4O6S/c1-31(2)10-9-11-32(3)38-17-18-39-37-16-14-33-28-35(22-25-50(33,4)40(37)23-26-51(38,39)5)60-46(56)20-21-47(57)61-44-13-8-7-12-41(44)54-49-55-42-19-15-34(30-45(42)62-49)59-36-24-27-53-43(29-36)48(58)52-6/h14-15,19,24,27,29-32,35,37-41,44H,7-13,16-18,20-23,25-26,28H2,1-6H3,(H,52,58)(H,54,55)/t32-,35?,37+,38-,39+,40+,41?,44?,50+,51-/m1/s1. The highest BCUT2D eigenvalue weighted by Crippen LogP contribution is 2.67. The van der Waals surface area contributed by atoms with Gasteiger partial charge in [-0.3, -0.25) is 19.4 Å². The number of hydrogen-bond donors (Lipinski definition) is 2. The van der Waals surface area contributed by atoms with E-state index >= 15 is 0 Å². The zero-order valence-corrected chi connectivity index (χ0v) is 38.8. The van der Waals surface area contributed by atoms with Crippen molar-refractivity contribution in [3.63, 3.8) is 0 Å². The maximum Gasteiger partial charge on any atom is 0.306 e. The molecule has 4 saturated carbocycles. The van der Waals surface area contributed by atoms with E-state index in [0.717, 1.165) is 95.8 Å². The van der Waals surface area contributed by atoms with Crippen LogP contribution in [0.2, 0.25) is 0 Å². The van der Waals surface area contributed by atoms with Gasteiger partial charge >= 0.3 is 11.9 Å². The number of esters is 2. The van der Waals surface area contributed by atoms with Crippen molar-refractivity contribution in [1.29, 1.82) is 0 Å². The van der Waals surface area contributed by atoms with Gasteiger partial charge in [-0.05, 0) is 129 Å². The lowest BCUT2D eigenvalue weighted by Crippen LogP contribution is -2.51. The number of allylic oxidation sites excluding steroid dienone is 1. The van der Waals surface area contributed by atoms with Crippen LogP contribution in [-0.4, -0.2) is 53.1 Å². The molecule has 3 aromatic rings. The maximum atomic E-state index is 13.2. The average Bonchev–Trinajstić information content (AvgIpc) is 3.83. The Balaban J connectivity index is 0.803. The number of carbonyl (C=O) groups is 3. The molecule has 62 heavy (non-hydrogen) atoms. The van der Waals surface area contributed by atoms with Crippen molar-refractivity contribution >= 4 is 44.5 Å². The number of aromatic nitrogens is 2. The van der Waals surface area contributed by atoms with Crippen molar-refractivity contribution in [2.24, 2.45) is 46.3 Å². The third kappa shape index (κ3) is 9.58. The van der Waals surface area contributed by atoms with E-state index in [-0.39, 0.29) is 60.0 Å². The molecule has 0 aliphatic heterocycles. The maximum absolute atomic E-state index is 13.2. The zero-order valence-electron chi connectivity index (χ0n) is 38.0. The van der Waals surface area contributed by atoms with Crippen LogP contribution in [0, 0.1) is 46.3 Å². The molecule has 2 aromatic heterocycles. The predicted octanol–water partition coefficient (Wildman–Crippen LogP) is 11.8. The number of nitrogens with zero attached hydrogens (tertiary/aromatic N) is 2. The Bertz CT molecular complexity index is 2120. The average molecular weight is 867 g/mol. The normalized spacial score (nSPS) is 31.0. The van der Waals surface area contributed by atoms with Gasteiger partial charge in [-0.1, -0.05) is 83.3 Å². The molecule has 10 atom stereocenters. The second-order valence-corrected chi connectivity index (χ2v) is 21.4. The highest BCUT2D eigenvalue weighted by atomic mass is 32.1. The summed E-state index contributed by atoms with van der Waals surface area (Å²) >= 11 is 1.51. The van der Waals surface area contributed by atoms with E-state index in [4.69, 9.17) is 19.2 Å². The molecule has 0 radical (unpaired) electrons. The summed E-state index contributed by atoms with van der Waals surface area (Å²) in [5.41, 5.74) is 3.30. The van der Waals surface area contributed by atoms with E-state index in [2.05, 4.69) is 56.3 Å². The Kier molecular flexibility index (Phi) is 13.7. The summed E-state index contributed by atoms with van der Waals surface area (Å²) in [6, 6.07) is 8.92. The monoisotopic (exact) mass is 867 g/mol. The first-order valence-corrected chi connectivity index (χ1v) is 24.8. The van der Waals surface area contributed by atoms with Crippen molar-refractivity contribution in [2.45, 2.75) is 162 Å². The van der Waals surface area contributed by atoms with Crippen molar-refractivity contribution in [2.75, 3.05) is 12.4 Å². The van der Waals surface area contributed by atoms with Gasteiger partial charge in [-0.15, -0.1) is 0 Å². The minimum absolute atomic E-state index is 0.0163. The van der Waals surface area contributed by atoms with E-state index in [1.165, 1.54) is 68.3 Å². The quantitative estimate of drug-likeness (QED) is 0.113. The molecule has 0 spiro atoms. The molecule has 0 saturated heterocycles. The van der Waals surface area contributed by atoms with Gasteiger partial charge in [-0.2, -0.15) is 0 Å². The molecule has 10 nitrogen and oxygen atoms in total. The van der Waals surface area contributed by atoms with Crippen molar-refractivity contribution < 1.29 is 28.6 Å². The number of anilines is 1. The molecule has 1 amide bonds. The second kappa shape index (κ2) is 19.0. The predicted molar refractivity (Wildman–Crippen MR) is 245 cm³/mol. The number of amides is 1. The highest BCUT2D eigenvalue weighted by Gasteiger charge is 2.59. The number of hydrogen-bond acceptors (Lipinski definition) is 10. The molecule has 8 rings (SSSR count). The molecular formula is C51H70N4O6S. The summed E-state index contributed by atoms with van der Waals surface area (Å²) in [4.78, 5) is 47.3. The largest absolute Gasteiger partial charge is 0.462 e. The van der Waals surface area contributed by atoms with Crippen LogP contribution in [0.25, 0.3) is 10.2 Å². The number of carbonyl (C=O) groups excluding carboxylic acids is 3. The molecular weight excluding hydrogens is 797 g/mol. The van der Waals surface area contributed by atoms with Crippen LogP contribution in [-0.2, 0) is 19.1 Å². The topological polar surface area (TPSA) is 129 Å². The van der Waals surface area contributed by atoms with E-state index < -0.39 is 0 Å². The Hall–Kier alpha value is -3.99. The van der Waals surface area contributed by atoms with E-state index in [9.17, 15) is 14.4 Å². The molecule has 5 aliphatic carbocycles. The molecule has 2 heterocycles. The van der Waals surface area contributed by atoms with Crippen molar-refractivity contribution in [3.8, 4) is 11.5 Å². The van der Waals surface area contributed by atoms with Crippen molar-refractivity contribution in [3.05, 3.63) is 53.9 Å². The molecule has 2 N–H and O–H groups in total. The molecule has 0 bridgehead atoms. The molecule has 4 fully saturated rings. The Morgan fingerprint density at radius 2 is 1.68 bits per heavy atom. The molecule has 3 unspecified atom stereocenters. The van der Waals surface area contributed by atoms with Crippen LogP contribution in [0.15, 0.2) is 48.2 Å². The molecule has 1 aromatic carbocycles.